The molecule has 0 saturated carbocycles. The lowest BCUT2D eigenvalue weighted by atomic mass is 10.0. The molecule has 96 valence electrons. The van der Waals surface area contributed by atoms with Crippen LogP contribution in [0.15, 0.2) is 34.1 Å². The number of thiophene rings is 1. The quantitative estimate of drug-likeness (QED) is 0.825. The van der Waals surface area contributed by atoms with E-state index in [2.05, 4.69) is 40.3 Å². The van der Waals surface area contributed by atoms with Crippen molar-refractivity contribution in [3.8, 4) is 0 Å². The molecule has 1 aromatic heterocycles. The van der Waals surface area contributed by atoms with E-state index < -0.39 is 0 Å². The number of likely N-dealkylation sites (N-methyl/N-ethyl adjacent to an activating group) is 1. The van der Waals surface area contributed by atoms with Crippen molar-refractivity contribution in [1.29, 1.82) is 0 Å². The van der Waals surface area contributed by atoms with E-state index in [-0.39, 0.29) is 0 Å². The van der Waals surface area contributed by atoms with Gasteiger partial charge < -0.3 is 5.32 Å². The molecule has 0 bridgehead atoms. The second-order valence-electron chi connectivity index (χ2n) is 4.24. The van der Waals surface area contributed by atoms with Crippen LogP contribution in [0.25, 0.3) is 0 Å². The molecule has 2 aromatic rings. The first-order chi connectivity index (χ1) is 8.61. The lowest BCUT2D eigenvalue weighted by Gasteiger charge is -2.15. The van der Waals surface area contributed by atoms with Gasteiger partial charge in [-0.05, 0) is 59.6 Å². The van der Waals surface area contributed by atoms with Gasteiger partial charge in [0, 0.05) is 15.9 Å². The second-order valence-corrected chi connectivity index (χ2v) is 7.05. The van der Waals surface area contributed by atoms with Crippen LogP contribution in [0.1, 0.15) is 22.0 Å². The Bertz CT molecular complexity index is 519. The molecule has 0 saturated heterocycles. The Labute approximate surface area is 125 Å². The highest BCUT2D eigenvalue weighted by Crippen LogP contribution is 2.33. The molecule has 0 aliphatic rings. The molecular weight excluding hydrogens is 330 g/mol. The average Bonchev–Trinajstić information content (AvgIpc) is 2.68. The average molecular weight is 345 g/mol. The third-order valence-electron chi connectivity index (χ3n) is 2.95. The third kappa shape index (κ3) is 3.15. The largest absolute Gasteiger partial charge is 0.312 e. The van der Waals surface area contributed by atoms with E-state index in [9.17, 15) is 0 Å². The van der Waals surface area contributed by atoms with Gasteiger partial charge in [0.2, 0.25) is 0 Å². The summed E-state index contributed by atoms with van der Waals surface area (Å²) in [5.41, 5.74) is 2.47. The minimum Gasteiger partial charge on any atom is -0.312 e. The monoisotopic (exact) mass is 343 g/mol. The van der Waals surface area contributed by atoms with Gasteiger partial charge in [-0.2, -0.15) is 0 Å². The fourth-order valence-corrected chi connectivity index (χ4v) is 3.78. The number of benzene rings is 1. The molecule has 0 aliphatic carbocycles. The molecule has 1 unspecified atom stereocenters. The molecule has 4 heteroatoms. The highest BCUT2D eigenvalue weighted by Gasteiger charge is 2.15. The molecule has 0 amide bonds. The van der Waals surface area contributed by atoms with Gasteiger partial charge in [0.15, 0.2) is 0 Å². The van der Waals surface area contributed by atoms with Crippen molar-refractivity contribution in [1.82, 2.24) is 5.32 Å². The van der Waals surface area contributed by atoms with Gasteiger partial charge in [-0.3, -0.25) is 0 Å². The highest BCUT2D eigenvalue weighted by molar-refractivity contribution is 9.11. The summed E-state index contributed by atoms with van der Waals surface area (Å²) in [4.78, 5) is 1.33. The van der Waals surface area contributed by atoms with Crippen molar-refractivity contribution in [2.24, 2.45) is 0 Å². The summed E-state index contributed by atoms with van der Waals surface area (Å²) < 4.78 is 1.21. The van der Waals surface area contributed by atoms with Crippen LogP contribution in [0.5, 0.6) is 0 Å². The van der Waals surface area contributed by atoms with Gasteiger partial charge >= 0.3 is 0 Å². The number of aryl methyl sites for hydroxylation is 1. The lowest BCUT2D eigenvalue weighted by molar-refractivity contribution is 0.602. The van der Waals surface area contributed by atoms with Crippen LogP contribution in [0.4, 0.5) is 0 Å². The molecule has 1 atom stereocenters. The van der Waals surface area contributed by atoms with E-state index >= 15 is 0 Å². The minimum atomic E-state index is 0.305. The molecule has 0 aliphatic heterocycles. The van der Waals surface area contributed by atoms with Crippen LogP contribution in [-0.4, -0.2) is 7.05 Å². The van der Waals surface area contributed by atoms with Gasteiger partial charge in [0.1, 0.15) is 0 Å². The Kier molecular flexibility index (Phi) is 4.84. The molecule has 1 heterocycles. The van der Waals surface area contributed by atoms with Crippen molar-refractivity contribution in [3.63, 3.8) is 0 Å². The van der Waals surface area contributed by atoms with Crippen LogP contribution in [0.3, 0.4) is 0 Å². The Balaban J connectivity index is 2.22. The van der Waals surface area contributed by atoms with Crippen LogP contribution in [0, 0.1) is 6.92 Å². The maximum Gasteiger partial charge on any atom is 0.0731 e. The van der Waals surface area contributed by atoms with Crippen LogP contribution in [0.2, 0.25) is 5.02 Å². The molecule has 0 spiro atoms. The van der Waals surface area contributed by atoms with Crippen LogP contribution >= 0.6 is 38.9 Å². The van der Waals surface area contributed by atoms with Gasteiger partial charge in [-0.15, -0.1) is 11.3 Å². The zero-order valence-corrected chi connectivity index (χ0v) is 13.5. The SMILES string of the molecule is CNC(Cc1ccccc1Cl)c1cc(C)c(Br)s1. The number of nitrogens with one attached hydrogen (secondary N) is 1. The normalized spacial score (nSPS) is 12.7. The van der Waals surface area contributed by atoms with Crippen molar-refractivity contribution in [3.05, 3.63) is 55.1 Å². The van der Waals surface area contributed by atoms with E-state index in [1.165, 1.54) is 19.8 Å². The van der Waals surface area contributed by atoms with Crippen LogP contribution in [-0.2, 0) is 6.42 Å². The van der Waals surface area contributed by atoms with E-state index in [1.807, 2.05) is 25.2 Å². The summed E-state index contributed by atoms with van der Waals surface area (Å²) in [6.07, 6.45) is 0.905. The number of rotatable bonds is 4. The molecule has 1 nitrogen and oxygen atoms in total. The summed E-state index contributed by atoms with van der Waals surface area (Å²) in [5, 5.41) is 4.20. The maximum absolute atomic E-state index is 6.22. The Morgan fingerprint density at radius 1 is 1.39 bits per heavy atom. The van der Waals surface area contributed by atoms with Crippen molar-refractivity contribution in [2.75, 3.05) is 7.05 Å². The van der Waals surface area contributed by atoms with Gasteiger partial charge in [0.05, 0.1) is 3.79 Å². The first-order valence-electron chi connectivity index (χ1n) is 5.78. The predicted molar refractivity (Wildman–Crippen MR) is 83.7 cm³/mol. The Morgan fingerprint density at radius 3 is 2.67 bits per heavy atom. The molecule has 2 rings (SSSR count). The van der Waals surface area contributed by atoms with Crippen molar-refractivity contribution < 1.29 is 0 Å². The standard InChI is InChI=1S/C14H15BrClNS/c1-9-7-13(18-14(9)15)12(17-2)8-10-5-3-4-6-11(10)16/h3-7,12,17H,8H2,1-2H3. The summed E-state index contributed by atoms with van der Waals surface area (Å²) in [7, 11) is 1.99. The topological polar surface area (TPSA) is 12.0 Å². The Morgan fingerprint density at radius 2 is 2.11 bits per heavy atom. The van der Waals surface area contributed by atoms with Gasteiger partial charge in [0.25, 0.3) is 0 Å². The molecule has 1 aromatic carbocycles. The molecule has 18 heavy (non-hydrogen) atoms. The Hall–Kier alpha value is -0.350. The summed E-state index contributed by atoms with van der Waals surface area (Å²) in [6, 6.07) is 10.6. The zero-order chi connectivity index (χ0) is 13.1. The molecule has 0 radical (unpaired) electrons. The third-order valence-corrected chi connectivity index (χ3v) is 5.57. The fourth-order valence-electron chi connectivity index (χ4n) is 1.88. The summed E-state index contributed by atoms with van der Waals surface area (Å²) >= 11 is 11.6. The predicted octanol–water partition coefficient (Wildman–Crippen LogP) is 4.98. The van der Waals surface area contributed by atoms with Gasteiger partial charge in [-0.25, -0.2) is 0 Å². The highest BCUT2D eigenvalue weighted by atomic mass is 79.9. The fraction of sp³-hybridized carbons (Fsp3) is 0.286. The van der Waals surface area contributed by atoms with E-state index in [4.69, 9.17) is 11.6 Å². The van der Waals surface area contributed by atoms with Crippen molar-refractivity contribution >= 4 is 38.9 Å². The second kappa shape index (κ2) is 6.20. The first-order valence-corrected chi connectivity index (χ1v) is 7.77. The maximum atomic E-state index is 6.22. The summed E-state index contributed by atoms with van der Waals surface area (Å²) in [6.45, 7) is 2.12. The van der Waals surface area contributed by atoms with E-state index in [0.717, 1.165) is 11.4 Å². The minimum absolute atomic E-state index is 0.305. The first kappa shape index (κ1) is 14.1. The number of hydrogen-bond acceptors (Lipinski definition) is 2. The molecular formula is C14H15BrClNS. The van der Waals surface area contributed by atoms with E-state index in [1.54, 1.807) is 11.3 Å². The van der Waals surface area contributed by atoms with E-state index in [0.29, 0.717) is 6.04 Å². The molecule has 0 fully saturated rings. The summed E-state index contributed by atoms with van der Waals surface area (Å²) in [5.74, 6) is 0. The molecule has 1 N–H and O–H groups in total. The smallest absolute Gasteiger partial charge is 0.0731 e. The van der Waals surface area contributed by atoms with Crippen LogP contribution < -0.4 is 5.32 Å². The van der Waals surface area contributed by atoms with Gasteiger partial charge in [-0.1, -0.05) is 29.8 Å². The number of halogens is 2. The van der Waals surface area contributed by atoms with Crippen molar-refractivity contribution in [2.45, 2.75) is 19.4 Å². The number of hydrogen-bond donors (Lipinski definition) is 1. The zero-order valence-electron chi connectivity index (χ0n) is 10.3. The lowest BCUT2D eigenvalue weighted by Crippen LogP contribution is -2.17.